The molecule has 1 atom stereocenters. The van der Waals surface area contributed by atoms with Gasteiger partial charge in [-0.2, -0.15) is 0 Å². The SMILES string of the molecule is CCOC(=O)[C@@H]1CCCN(C(=O)c2cc(Br)ccc2I)C1. The van der Waals surface area contributed by atoms with Crippen LogP contribution in [0.2, 0.25) is 0 Å². The smallest absolute Gasteiger partial charge is 0.310 e. The van der Waals surface area contributed by atoms with Crippen molar-refractivity contribution in [3.05, 3.63) is 31.8 Å². The Labute approximate surface area is 146 Å². The molecule has 1 aromatic carbocycles. The van der Waals surface area contributed by atoms with Crippen LogP contribution in [0.3, 0.4) is 0 Å². The van der Waals surface area contributed by atoms with Gasteiger partial charge in [0.25, 0.3) is 5.91 Å². The fraction of sp³-hybridized carbons (Fsp3) is 0.467. The fourth-order valence-electron chi connectivity index (χ4n) is 2.45. The van der Waals surface area contributed by atoms with Crippen LogP contribution >= 0.6 is 38.5 Å². The van der Waals surface area contributed by atoms with Crippen molar-refractivity contribution < 1.29 is 14.3 Å². The highest BCUT2D eigenvalue weighted by Crippen LogP contribution is 2.24. The number of piperidine rings is 1. The summed E-state index contributed by atoms with van der Waals surface area (Å²) in [7, 11) is 0. The molecule has 1 fully saturated rings. The predicted molar refractivity (Wildman–Crippen MR) is 92.1 cm³/mol. The van der Waals surface area contributed by atoms with Gasteiger partial charge < -0.3 is 9.64 Å². The Hall–Kier alpha value is -0.630. The van der Waals surface area contributed by atoms with Crippen molar-refractivity contribution in [1.29, 1.82) is 0 Å². The summed E-state index contributed by atoms with van der Waals surface area (Å²) in [6.45, 7) is 3.32. The summed E-state index contributed by atoms with van der Waals surface area (Å²) >= 11 is 5.56. The lowest BCUT2D eigenvalue weighted by atomic mass is 9.97. The first-order chi connectivity index (χ1) is 10.0. The summed E-state index contributed by atoms with van der Waals surface area (Å²) in [5.41, 5.74) is 0.675. The number of rotatable bonds is 3. The van der Waals surface area contributed by atoms with Crippen LogP contribution in [0, 0.1) is 9.49 Å². The van der Waals surface area contributed by atoms with Gasteiger partial charge in [0.05, 0.1) is 18.1 Å². The minimum Gasteiger partial charge on any atom is -0.466 e. The molecule has 0 aromatic heterocycles. The van der Waals surface area contributed by atoms with Crippen molar-refractivity contribution in [2.45, 2.75) is 19.8 Å². The van der Waals surface area contributed by atoms with Crippen LogP contribution in [0.15, 0.2) is 22.7 Å². The van der Waals surface area contributed by atoms with E-state index in [1.165, 1.54) is 0 Å². The van der Waals surface area contributed by atoms with Crippen LogP contribution in [0.5, 0.6) is 0 Å². The molecule has 0 unspecified atom stereocenters. The van der Waals surface area contributed by atoms with E-state index in [0.717, 1.165) is 20.9 Å². The molecule has 1 aliphatic heterocycles. The van der Waals surface area contributed by atoms with Gasteiger partial charge in [-0.05, 0) is 60.6 Å². The van der Waals surface area contributed by atoms with Gasteiger partial charge in [-0.15, -0.1) is 0 Å². The maximum Gasteiger partial charge on any atom is 0.310 e. The molecule has 0 aliphatic carbocycles. The van der Waals surface area contributed by atoms with Gasteiger partial charge in [-0.25, -0.2) is 0 Å². The quantitative estimate of drug-likeness (QED) is 0.507. The molecule has 2 rings (SSSR count). The van der Waals surface area contributed by atoms with Gasteiger partial charge >= 0.3 is 5.97 Å². The maximum atomic E-state index is 12.6. The monoisotopic (exact) mass is 465 g/mol. The highest BCUT2D eigenvalue weighted by molar-refractivity contribution is 14.1. The third kappa shape index (κ3) is 4.18. The summed E-state index contributed by atoms with van der Waals surface area (Å²) in [5, 5.41) is 0. The van der Waals surface area contributed by atoms with Crippen LogP contribution < -0.4 is 0 Å². The van der Waals surface area contributed by atoms with Crippen molar-refractivity contribution in [2.75, 3.05) is 19.7 Å². The number of halogens is 2. The molecule has 1 saturated heterocycles. The average Bonchev–Trinajstić information content (AvgIpc) is 2.49. The zero-order valence-electron chi connectivity index (χ0n) is 11.8. The standard InChI is InChI=1S/C15H17BrINO3/c1-2-21-15(20)10-4-3-7-18(9-10)14(19)12-8-11(16)5-6-13(12)17/h5-6,8,10H,2-4,7,9H2,1H3/t10-/m1/s1. The van der Waals surface area contributed by atoms with E-state index in [4.69, 9.17) is 4.74 Å². The first-order valence-electron chi connectivity index (χ1n) is 6.94. The van der Waals surface area contributed by atoms with Crippen molar-refractivity contribution in [1.82, 2.24) is 4.90 Å². The number of amides is 1. The normalized spacial score (nSPS) is 18.4. The number of esters is 1. The molecule has 1 amide bonds. The Balaban J connectivity index is 2.12. The first-order valence-corrected chi connectivity index (χ1v) is 8.81. The van der Waals surface area contributed by atoms with E-state index in [1.807, 2.05) is 18.2 Å². The highest BCUT2D eigenvalue weighted by atomic mass is 127. The third-order valence-corrected chi connectivity index (χ3v) is 4.92. The predicted octanol–water partition coefficient (Wildman–Crippen LogP) is 3.47. The molecule has 114 valence electrons. The Morgan fingerprint density at radius 2 is 2.24 bits per heavy atom. The lowest BCUT2D eigenvalue weighted by Crippen LogP contribution is -2.43. The first kappa shape index (κ1) is 16.7. The summed E-state index contributed by atoms with van der Waals surface area (Å²) in [5.74, 6) is -0.416. The Bertz CT molecular complexity index is 550. The number of likely N-dealkylation sites (tertiary alicyclic amines) is 1. The number of ether oxygens (including phenoxy) is 1. The zero-order valence-corrected chi connectivity index (χ0v) is 15.5. The summed E-state index contributed by atoms with van der Waals surface area (Å²) in [4.78, 5) is 26.3. The molecule has 0 spiro atoms. The maximum absolute atomic E-state index is 12.6. The molecule has 1 aliphatic rings. The van der Waals surface area contributed by atoms with Crippen molar-refractivity contribution in [2.24, 2.45) is 5.92 Å². The topological polar surface area (TPSA) is 46.6 Å². The Kier molecular flexibility index (Phi) is 6.04. The number of benzene rings is 1. The average molecular weight is 466 g/mol. The largest absolute Gasteiger partial charge is 0.466 e. The number of nitrogens with zero attached hydrogens (tertiary/aromatic N) is 1. The molecule has 1 heterocycles. The Morgan fingerprint density at radius 1 is 1.48 bits per heavy atom. The number of carbonyl (C=O) groups excluding carboxylic acids is 2. The minimum atomic E-state index is -0.201. The number of hydrogen-bond acceptors (Lipinski definition) is 3. The highest BCUT2D eigenvalue weighted by Gasteiger charge is 2.30. The van der Waals surface area contributed by atoms with Gasteiger partial charge in [0, 0.05) is 21.1 Å². The van der Waals surface area contributed by atoms with Crippen LogP contribution in [0.4, 0.5) is 0 Å². The van der Waals surface area contributed by atoms with E-state index < -0.39 is 0 Å². The third-order valence-electron chi connectivity index (χ3n) is 3.49. The number of hydrogen-bond donors (Lipinski definition) is 0. The lowest BCUT2D eigenvalue weighted by Gasteiger charge is -2.31. The van der Waals surface area contributed by atoms with Crippen molar-refractivity contribution >= 4 is 50.4 Å². The number of carbonyl (C=O) groups is 2. The summed E-state index contributed by atoms with van der Waals surface area (Å²) in [6, 6.07) is 5.65. The van der Waals surface area contributed by atoms with E-state index in [0.29, 0.717) is 25.3 Å². The molecule has 4 nitrogen and oxygen atoms in total. The van der Waals surface area contributed by atoms with E-state index in [1.54, 1.807) is 11.8 Å². The molecule has 0 radical (unpaired) electrons. The molecule has 0 bridgehead atoms. The van der Waals surface area contributed by atoms with Crippen LogP contribution in [-0.2, 0) is 9.53 Å². The second-order valence-electron chi connectivity index (χ2n) is 4.97. The van der Waals surface area contributed by atoms with E-state index >= 15 is 0 Å². The fourth-order valence-corrected chi connectivity index (χ4v) is 3.37. The molecule has 6 heteroatoms. The van der Waals surface area contributed by atoms with Crippen molar-refractivity contribution in [3.63, 3.8) is 0 Å². The molecule has 0 saturated carbocycles. The van der Waals surface area contributed by atoms with E-state index in [9.17, 15) is 9.59 Å². The Morgan fingerprint density at radius 3 is 2.95 bits per heavy atom. The minimum absolute atomic E-state index is 0.0188. The molecule has 0 N–H and O–H groups in total. The second-order valence-corrected chi connectivity index (χ2v) is 7.04. The van der Waals surface area contributed by atoms with Gasteiger partial charge in [-0.1, -0.05) is 15.9 Å². The second kappa shape index (κ2) is 7.58. The van der Waals surface area contributed by atoms with Crippen molar-refractivity contribution in [3.8, 4) is 0 Å². The zero-order chi connectivity index (χ0) is 15.4. The van der Waals surface area contributed by atoms with E-state index in [2.05, 4.69) is 38.5 Å². The van der Waals surface area contributed by atoms with Crippen LogP contribution in [-0.4, -0.2) is 36.5 Å². The van der Waals surface area contributed by atoms with Crippen LogP contribution in [0.25, 0.3) is 0 Å². The molecule has 1 aromatic rings. The lowest BCUT2D eigenvalue weighted by molar-refractivity contribution is -0.149. The summed E-state index contributed by atoms with van der Waals surface area (Å²) < 4.78 is 6.87. The van der Waals surface area contributed by atoms with E-state index in [-0.39, 0.29) is 17.8 Å². The van der Waals surface area contributed by atoms with Crippen LogP contribution in [0.1, 0.15) is 30.1 Å². The molecule has 21 heavy (non-hydrogen) atoms. The molecular weight excluding hydrogens is 449 g/mol. The molecular formula is C15H17BrINO3. The summed E-state index contributed by atoms with van der Waals surface area (Å²) in [6.07, 6.45) is 1.62. The van der Waals surface area contributed by atoms with Gasteiger partial charge in [0.15, 0.2) is 0 Å². The van der Waals surface area contributed by atoms with Gasteiger partial charge in [0.1, 0.15) is 0 Å². The van der Waals surface area contributed by atoms with Gasteiger partial charge in [-0.3, -0.25) is 9.59 Å². The van der Waals surface area contributed by atoms with Gasteiger partial charge in [0.2, 0.25) is 0 Å².